The van der Waals surface area contributed by atoms with Crippen LogP contribution in [-0.4, -0.2) is 40.0 Å². The van der Waals surface area contributed by atoms with Crippen LogP contribution in [0.5, 0.6) is 0 Å². The van der Waals surface area contributed by atoms with E-state index in [1.54, 1.807) is 11.1 Å². The molecule has 3 atom stereocenters. The van der Waals surface area contributed by atoms with Gasteiger partial charge in [-0.25, -0.2) is 4.98 Å². The number of rotatable bonds is 3. The quantitative estimate of drug-likeness (QED) is 0.466. The second-order valence-corrected chi connectivity index (χ2v) is 9.65. The SMILES string of the molecule is CC1(/C(=N/C#N)NC2C3CC4CC2CC(O)(C4)C3)CCN(c2ccccn2)C1=O. The predicted molar refractivity (Wildman–Crippen MR) is 108 cm³/mol. The van der Waals surface area contributed by atoms with Crippen LogP contribution in [0.25, 0.3) is 0 Å². The average Bonchev–Trinajstić information content (AvgIpc) is 2.99. The first-order chi connectivity index (χ1) is 13.9. The highest BCUT2D eigenvalue weighted by Crippen LogP contribution is 2.55. The zero-order valence-corrected chi connectivity index (χ0v) is 16.7. The first-order valence-corrected chi connectivity index (χ1v) is 10.6. The molecule has 2 N–H and O–H groups in total. The molecule has 1 aromatic heterocycles. The number of pyridine rings is 1. The maximum Gasteiger partial charge on any atom is 0.241 e. The molecule has 29 heavy (non-hydrogen) atoms. The first-order valence-electron chi connectivity index (χ1n) is 10.6. The number of amides is 1. The molecule has 152 valence electrons. The van der Waals surface area contributed by atoms with Crippen LogP contribution >= 0.6 is 0 Å². The Morgan fingerprint density at radius 2 is 2.10 bits per heavy atom. The predicted octanol–water partition coefficient (Wildman–Crippen LogP) is 2.23. The number of nitrogens with zero attached hydrogens (tertiary/aromatic N) is 4. The summed E-state index contributed by atoms with van der Waals surface area (Å²) in [5.41, 5.74) is -1.37. The van der Waals surface area contributed by atoms with Gasteiger partial charge in [-0.05, 0) is 75.3 Å². The summed E-state index contributed by atoms with van der Waals surface area (Å²) in [4.78, 5) is 23.5. The molecule has 7 nitrogen and oxygen atoms in total. The van der Waals surface area contributed by atoms with E-state index in [2.05, 4.69) is 15.3 Å². The number of hydrogen-bond acceptors (Lipinski definition) is 5. The van der Waals surface area contributed by atoms with Crippen molar-refractivity contribution in [1.82, 2.24) is 10.3 Å². The molecule has 4 aliphatic carbocycles. The molecule has 5 fully saturated rings. The molecule has 0 aromatic carbocycles. The Bertz CT molecular complexity index is 878. The van der Waals surface area contributed by atoms with Gasteiger partial charge in [-0.3, -0.25) is 9.69 Å². The highest BCUT2D eigenvalue weighted by atomic mass is 16.3. The van der Waals surface area contributed by atoms with Gasteiger partial charge in [0.1, 0.15) is 17.1 Å². The second-order valence-electron chi connectivity index (χ2n) is 9.65. The molecule has 6 rings (SSSR count). The van der Waals surface area contributed by atoms with E-state index in [0.717, 1.165) is 32.1 Å². The molecule has 3 unspecified atom stereocenters. The zero-order valence-electron chi connectivity index (χ0n) is 16.7. The lowest BCUT2D eigenvalue weighted by Gasteiger charge is -2.58. The van der Waals surface area contributed by atoms with Gasteiger partial charge in [0.25, 0.3) is 0 Å². The summed E-state index contributed by atoms with van der Waals surface area (Å²) in [6.45, 7) is 2.43. The lowest BCUT2D eigenvalue weighted by atomic mass is 9.52. The van der Waals surface area contributed by atoms with Gasteiger partial charge in [0, 0.05) is 18.8 Å². The summed E-state index contributed by atoms with van der Waals surface area (Å²) >= 11 is 0. The third kappa shape index (κ3) is 2.93. The number of nitrogens with one attached hydrogen (secondary N) is 1. The molecule has 4 bridgehead atoms. The van der Waals surface area contributed by atoms with Crippen LogP contribution in [0.3, 0.4) is 0 Å². The minimum atomic E-state index is -0.862. The molecule has 1 amide bonds. The number of anilines is 1. The van der Waals surface area contributed by atoms with Crippen LogP contribution in [0.4, 0.5) is 5.82 Å². The van der Waals surface area contributed by atoms with E-state index in [1.165, 1.54) is 0 Å². The molecule has 1 saturated heterocycles. The van der Waals surface area contributed by atoms with Crippen LogP contribution < -0.4 is 10.2 Å². The molecule has 0 radical (unpaired) electrons. The number of amidine groups is 1. The van der Waals surface area contributed by atoms with Crippen molar-refractivity contribution in [2.45, 2.75) is 57.1 Å². The summed E-state index contributed by atoms with van der Waals surface area (Å²) in [6, 6.07) is 5.70. The van der Waals surface area contributed by atoms with Crippen molar-refractivity contribution in [2.24, 2.45) is 28.2 Å². The van der Waals surface area contributed by atoms with Crippen molar-refractivity contribution in [3.05, 3.63) is 24.4 Å². The maximum atomic E-state index is 13.4. The van der Waals surface area contributed by atoms with Gasteiger partial charge >= 0.3 is 0 Å². The lowest BCUT2D eigenvalue weighted by molar-refractivity contribution is -0.136. The van der Waals surface area contributed by atoms with Crippen LogP contribution in [0.2, 0.25) is 0 Å². The Hall–Kier alpha value is -2.46. The molecular weight excluding hydrogens is 366 g/mol. The molecule has 5 aliphatic rings. The van der Waals surface area contributed by atoms with Crippen LogP contribution in [-0.2, 0) is 4.79 Å². The highest BCUT2D eigenvalue weighted by Gasteiger charge is 2.56. The number of aliphatic imine (C=N–C) groups is 1. The molecular formula is C22H27N5O2. The van der Waals surface area contributed by atoms with E-state index in [4.69, 9.17) is 0 Å². The summed E-state index contributed by atoms with van der Waals surface area (Å²) in [6.07, 6.45) is 8.95. The van der Waals surface area contributed by atoms with Gasteiger partial charge in [-0.1, -0.05) is 6.07 Å². The topological polar surface area (TPSA) is 102 Å². The van der Waals surface area contributed by atoms with Crippen molar-refractivity contribution in [3.63, 3.8) is 0 Å². The van der Waals surface area contributed by atoms with Crippen LogP contribution in [0, 0.1) is 34.6 Å². The van der Waals surface area contributed by atoms with Gasteiger partial charge in [0.15, 0.2) is 0 Å². The summed E-state index contributed by atoms with van der Waals surface area (Å²) in [5.74, 6) is 2.40. The number of aromatic nitrogens is 1. The Labute approximate surface area is 170 Å². The fraction of sp³-hybridized carbons (Fsp3) is 0.636. The number of aliphatic hydroxyl groups is 1. The number of nitriles is 1. The molecule has 7 heteroatoms. The Balaban J connectivity index is 1.39. The average molecular weight is 393 g/mol. The normalized spacial score (nSPS) is 40.9. The monoisotopic (exact) mass is 393 g/mol. The third-order valence-corrected chi connectivity index (χ3v) is 7.71. The largest absolute Gasteiger partial charge is 0.390 e. The number of carbonyl (C=O) groups excluding carboxylic acids is 1. The fourth-order valence-corrected chi connectivity index (χ4v) is 6.53. The van der Waals surface area contributed by atoms with E-state index >= 15 is 0 Å². The van der Waals surface area contributed by atoms with Crippen molar-refractivity contribution in [3.8, 4) is 6.19 Å². The molecule has 0 spiro atoms. The standard InChI is InChI=1S/C22H27N5O2/c1-21(5-7-27(20(21)28)17-4-2-3-6-24-17)19(25-13-23)26-18-15-8-14-9-16(18)12-22(29,10-14)11-15/h2-4,6,14-16,18,29H,5,7-12H2,1H3,(H,25,26). The van der Waals surface area contributed by atoms with E-state index in [-0.39, 0.29) is 11.9 Å². The van der Waals surface area contributed by atoms with Crippen LogP contribution in [0.1, 0.15) is 45.4 Å². The van der Waals surface area contributed by atoms with Gasteiger partial charge < -0.3 is 10.4 Å². The van der Waals surface area contributed by atoms with Gasteiger partial charge in [-0.2, -0.15) is 10.3 Å². The fourth-order valence-electron chi connectivity index (χ4n) is 6.53. The molecule has 1 aromatic rings. The van der Waals surface area contributed by atoms with Gasteiger partial charge in [-0.15, -0.1) is 0 Å². The second kappa shape index (κ2) is 6.53. The third-order valence-electron chi connectivity index (χ3n) is 7.71. The van der Waals surface area contributed by atoms with Crippen molar-refractivity contribution in [1.29, 1.82) is 5.26 Å². The maximum absolute atomic E-state index is 13.4. The smallest absolute Gasteiger partial charge is 0.241 e. The minimum Gasteiger partial charge on any atom is -0.390 e. The summed E-state index contributed by atoms with van der Waals surface area (Å²) in [7, 11) is 0. The van der Waals surface area contributed by atoms with Crippen molar-refractivity contribution >= 4 is 17.6 Å². The number of hydrogen-bond donors (Lipinski definition) is 2. The minimum absolute atomic E-state index is 0.0693. The highest BCUT2D eigenvalue weighted by molar-refractivity contribution is 6.15. The Kier molecular flexibility index (Phi) is 4.18. The summed E-state index contributed by atoms with van der Waals surface area (Å²) in [5, 5.41) is 23.7. The van der Waals surface area contributed by atoms with Crippen LogP contribution in [0.15, 0.2) is 29.4 Å². The molecule has 2 heterocycles. The first kappa shape index (κ1) is 18.6. The van der Waals surface area contributed by atoms with Crippen molar-refractivity contribution in [2.75, 3.05) is 11.4 Å². The van der Waals surface area contributed by atoms with Crippen molar-refractivity contribution < 1.29 is 9.90 Å². The summed E-state index contributed by atoms with van der Waals surface area (Å²) < 4.78 is 0. The molecule has 1 aliphatic heterocycles. The number of carbonyl (C=O) groups is 1. The Morgan fingerprint density at radius 1 is 1.34 bits per heavy atom. The van der Waals surface area contributed by atoms with E-state index < -0.39 is 11.0 Å². The van der Waals surface area contributed by atoms with Gasteiger partial charge in [0.05, 0.1) is 5.60 Å². The van der Waals surface area contributed by atoms with Gasteiger partial charge in [0.2, 0.25) is 12.1 Å². The Morgan fingerprint density at radius 3 is 2.72 bits per heavy atom. The van der Waals surface area contributed by atoms with E-state index in [1.807, 2.05) is 31.3 Å². The molecule has 4 saturated carbocycles. The zero-order chi connectivity index (χ0) is 20.2. The van der Waals surface area contributed by atoms with E-state index in [0.29, 0.717) is 42.4 Å². The lowest BCUT2D eigenvalue weighted by Crippen LogP contribution is -2.63. The van der Waals surface area contributed by atoms with E-state index in [9.17, 15) is 15.2 Å².